The molecule has 0 aliphatic heterocycles. The maximum Gasteiger partial charge on any atom is 0.408 e. The number of halogens is 1. The van der Waals surface area contributed by atoms with Crippen molar-refractivity contribution >= 4 is 35.2 Å². The Labute approximate surface area is 192 Å². The lowest BCUT2D eigenvalue weighted by molar-refractivity contribution is -0.127. The Morgan fingerprint density at radius 3 is 2.19 bits per heavy atom. The molecule has 2 aromatic rings. The number of carbonyl (C=O) groups is 3. The van der Waals surface area contributed by atoms with Gasteiger partial charge in [-0.15, -0.1) is 0 Å². The monoisotopic (exact) mass is 461 g/mol. The van der Waals surface area contributed by atoms with Crippen molar-refractivity contribution in [3.8, 4) is 5.75 Å². The van der Waals surface area contributed by atoms with Crippen LogP contribution in [0.1, 0.15) is 33.3 Å². The van der Waals surface area contributed by atoms with Gasteiger partial charge in [0, 0.05) is 17.3 Å². The summed E-state index contributed by atoms with van der Waals surface area (Å²) in [6, 6.07) is 13.8. The number of benzene rings is 2. The standard InChI is InChI=1S/C23H28ClN3O5/c1-15(31-19-11-7-17(24)8-12-19)21(29)25-13-16-5-9-18(10-6-16)27-20(28)14-26-22(30)32-23(2,3)4/h5-12,15H,13-14H2,1-4H3,(H,25,29)(H,26,30)(H,27,28). The predicted octanol–water partition coefficient (Wildman–Crippen LogP) is 3.89. The first-order valence-electron chi connectivity index (χ1n) is 10.1. The second-order valence-corrected chi connectivity index (χ2v) is 8.47. The zero-order valence-corrected chi connectivity index (χ0v) is 19.3. The summed E-state index contributed by atoms with van der Waals surface area (Å²) in [7, 11) is 0. The Hall–Kier alpha value is -3.26. The van der Waals surface area contributed by atoms with Crippen molar-refractivity contribution in [3.05, 3.63) is 59.1 Å². The van der Waals surface area contributed by atoms with E-state index in [1.54, 1.807) is 76.2 Å². The minimum absolute atomic E-state index is 0.210. The van der Waals surface area contributed by atoms with E-state index in [1.165, 1.54) is 0 Å². The first-order valence-corrected chi connectivity index (χ1v) is 10.5. The van der Waals surface area contributed by atoms with Crippen molar-refractivity contribution in [1.29, 1.82) is 0 Å². The number of anilines is 1. The highest BCUT2D eigenvalue weighted by Gasteiger charge is 2.17. The zero-order chi connectivity index (χ0) is 23.7. The Bertz CT molecular complexity index is 924. The average molecular weight is 462 g/mol. The van der Waals surface area contributed by atoms with Gasteiger partial charge in [0.25, 0.3) is 5.91 Å². The highest BCUT2D eigenvalue weighted by atomic mass is 35.5. The minimum Gasteiger partial charge on any atom is -0.481 e. The Morgan fingerprint density at radius 1 is 0.969 bits per heavy atom. The molecule has 2 aromatic carbocycles. The molecule has 3 amide bonds. The molecule has 2 rings (SSSR count). The van der Waals surface area contributed by atoms with E-state index in [0.717, 1.165) is 5.56 Å². The minimum atomic E-state index is -0.674. The number of amides is 3. The molecule has 0 saturated heterocycles. The number of ether oxygens (including phenoxy) is 2. The van der Waals surface area contributed by atoms with Gasteiger partial charge in [0.1, 0.15) is 17.9 Å². The summed E-state index contributed by atoms with van der Waals surface area (Å²) in [5, 5.41) is 8.46. The van der Waals surface area contributed by atoms with Crippen molar-refractivity contribution in [2.75, 3.05) is 11.9 Å². The molecule has 0 bridgehead atoms. The van der Waals surface area contributed by atoms with E-state index in [1.807, 2.05) is 0 Å². The number of hydrogen-bond acceptors (Lipinski definition) is 5. The summed E-state index contributed by atoms with van der Waals surface area (Å²) in [6.45, 7) is 6.98. The van der Waals surface area contributed by atoms with Gasteiger partial charge in [-0.1, -0.05) is 23.7 Å². The highest BCUT2D eigenvalue weighted by molar-refractivity contribution is 6.30. The summed E-state index contributed by atoms with van der Waals surface area (Å²) in [5.74, 6) is -0.0889. The molecule has 0 aliphatic rings. The van der Waals surface area contributed by atoms with Gasteiger partial charge in [-0.2, -0.15) is 0 Å². The van der Waals surface area contributed by atoms with Gasteiger partial charge in [-0.3, -0.25) is 9.59 Å². The van der Waals surface area contributed by atoms with Crippen molar-refractivity contribution in [2.24, 2.45) is 0 Å². The number of carbonyl (C=O) groups excluding carboxylic acids is 3. The van der Waals surface area contributed by atoms with Gasteiger partial charge < -0.3 is 25.4 Å². The molecule has 0 heterocycles. The fourth-order valence-corrected chi connectivity index (χ4v) is 2.61. The third-order valence-electron chi connectivity index (χ3n) is 3.99. The Morgan fingerprint density at radius 2 is 1.59 bits per heavy atom. The molecule has 3 N–H and O–H groups in total. The lowest BCUT2D eigenvalue weighted by Crippen LogP contribution is -2.37. The molecule has 9 heteroatoms. The number of nitrogens with one attached hydrogen (secondary N) is 3. The number of alkyl carbamates (subject to hydrolysis) is 1. The van der Waals surface area contributed by atoms with Gasteiger partial charge in [0.2, 0.25) is 5.91 Å². The smallest absolute Gasteiger partial charge is 0.408 e. The third-order valence-corrected chi connectivity index (χ3v) is 4.24. The lowest BCUT2D eigenvalue weighted by atomic mass is 10.2. The van der Waals surface area contributed by atoms with Crippen LogP contribution in [0.3, 0.4) is 0 Å². The van der Waals surface area contributed by atoms with Crippen molar-refractivity contribution in [2.45, 2.75) is 45.9 Å². The van der Waals surface area contributed by atoms with Crippen LogP contribution >= 0.6 is 11.6 Å². The van der Waals surface area contributed by atoms with E-state index in [0.29, 0.717) is 23.0 Å². The molecule has 0 aromatic heterocycles. The fourth-order valence-electron chi connectivity index (χ4n) is 2.48. The van der Waals surface area contributed by atoms with Crippen molar-refractivity contribution < 1.29 is 23.9 Å². The van der Waals surface area contributed by atoms with E-state index in [4.69, 9.17) is 21.1 Å². The molecule has 0 fully saturated rings. The molecule has 0 saturated carbocycles. The SMILES string of the molecule is CC(Oc1ccc(Cl)cc1)C(=O)NCc1ccc(NC(=O)CNC(=O)OC(C)(C)C)cc1. The van der Waals surface area contributed by atoms with E-state index in [9.17, 15) is 14.4 Å². The topological polar surface area (TPSA) is 106 Å². The second-order valence-electron chi connectivity index (χ2n) is 8.03. The quantitative estimate of drug-likeness (QED) is 0.553. The van der Waals surface area contributed by atoms with Crippen LogP contribution in [0, 0.1) is 0 Å². The maximum absolute atomic E-state index is 12.2. The van der Waals surface area contributed by atoms with Crippen LogP contribution in [-0.2, 0) is 20.9 Å². The molecule has 8 nitrogen and oxygen atoms in total. The van der Waals surface area contributed by atoms with E-state index in [-0.39, 0.29) is 18.4 Å². The lowest BCUT2D eigenvalue weighted by Gasteiger charge is -2.19. The molecular formula is C23H28ClN3O5. The molecule has 0 spiro atoms. The summed E-state index contributed by atoms with van der Waals surface area (Å²) in [4.78, 5) is 35.8. The molecule has 172 valence electrons. The Kier molecular flexibility index (Phi) is 8.90. The average Bonchev–Trinajstić information content (AvgIpc) is 2.72. The first-order chi connectivity index (χ1) is 15.0. The highest BCUT2D eigenvalue weighted by Crippen LogP contribution is 2.17. The summed E-state index contributed by atoms with van der Waals surface area (Å²) < 4.78 is 10.7. The van der Waals surface area contributed by atoms with E-state index in [2.05, 4.69) is 16.0 Å². The van der Waals surface area contributed by atoms with Crippen LogP contribution in [0.4, 0.5) is 10.5 Å². The van der Waals surface area contributed by atoms with Crippen LogP contribution in [0.2, 0.25) is 5.02 Å². The summed E-state index contributed by atoms with van der Waals surface area (Å²) >= 11 is 5.84. The van der Waals surface area contributed by atoms with Crippen LogP contribution in [0.5, 0.6) is 5.75 Å². The molecule has 0 radical (unpaired) electrons. The van der Waals surface area contributed by atoms with Gasteiger partial charge >= 0.3 is 6.09 Å². The van der Waals surface area contributed by atoms with Gasteiger partial charge in [0.05, 0.1) is 0 Å². The normalized spacial score (nSPS) is 11.8. The first kappa shape index (κ1) is 25.0. The zero-order valence-electron chi connectivity index (χ0n) is 18.5. The van der Waals surface area contributed by atoms with Crippen LogP contribution < -0.4 is 20.7 Å². The van der Waals surface area contributed by atoms with Crippen LogP contribution in [0.25, 0.3) is 0 Å². The second kappa shape index (κ2) is 11.4. The summed E-state index contributed by atoms with van der Waals surface area (Å²) in [6.07, 6.45) is -1.33. The number of hydrogen-bond donors (Lipinski definition) is 3. The van der Waals surface area contributed by atoms with Crippen LogP contribution in [0.15, 0.2) is 48.5 Å². The van der Waals surface area contributed by atoms with Gasteiger partial charge in [0.15, 0.2) is 6.10 Å². The Balaban J connectivity index is 1.74. The molecule has 1 atom stereocenters. The van der Waals surface area contributed by atoms with Crippen LogP contribution in [-0.4, -0.2) is 36.2 Å². The van der Waals surface area contributed by atoms with E-state index < -0.39 is 17.8 Å². The van der Waals surface area contributed by atoms with Crippen molar-refractivity contribution in [3.63, 3.8) is 0 Å². The molecular weight excluding hydrogens is 434 g/mol. The summed E-state index contributed by atoms with van der Waals surface area (Å²) in [5.41, 5.74) is 0.781. The van der Waals surface area contributed by atoms with Gasteiger partial charge in [-0.25, -0.2) is 4.79 Å². The largest absolute Gasteiger partial charge is 0.481 e. The predicted molar refractivity (Wildman–Crippen MR) is 123 cm³/mol. The number of rotatable bonds is 8. The maximum atomic E-state index is 12.2. The van der Waals surface area contributed by atoms with Crippen molar-refractivity contribution in [1.82, 2.24) is 10.6 Å². The molecule has 1 unspecified atom stereocenters. The fraction of sp³-hybridized carbons (Fsp3) is 0.348. The molecule has 32 heavy (non-hydrogen) atoms. The van der Waals surface area contributed by atoms with Gasteiger partial charge in [-0.05, 0) is 69.7 Å². The third kappa shape index (κ3) is 9.26. The molecule has 0 aliphatic carbocycles. The van der Waals surface area contributed by atoms with E-state index >= 15 is 0 Å².